The van der Waals surface area contributed by atoms with Crippen molar-refractivity contribution in [2.45, 2.75) is 18.9 Å². The molecule has 1 aromatic rings. The Morgan fingerprint density at radius 2 is 2.05 bits per heavy atom. The second-order valence-corrected chi connectivity index (χ2v) is 5.28. The Kier molecular flexibility index (Phi) is 5.97. The average Bonchev–Trinajstić information content (AvgIpc) is 2.36. The molecule has 0 heterocycles. The van der Waals surface area contributed by atoms with Crippen LogP contribution in [0.15, 0.2) is 22.7 Å². The topological polar surface area (TPSA) is 109 Å². The summed E-state index contributed by atoms with van der Waals surface area (Å²) in [6.07, 6.45) is -0.206. The molecule has 0 saturated carbocycles. The summed E-state index contributed by atoms with van der Waals surface area (Å²) in [7, 11) is 0. The van der Waals surface area contributed by atoms with Gasteiger partial charge in [0.1, 0.15) is 6.04 Å². The Hall–Kier alpha value is -1.60. The second kappa shape index (κ2) is 7.25. The number of aliphatic carboxylic acids is 1. The quantitative estimate of drug-likeness (QED) is 0.712. The van der Waals surface area contributed by atoms with E-state index < -0.39 is 23.8 Å². The number of nitrogens with one attached hydrogen (secondary N) is 1. The molecule has 4 N–H and O–H groups in total. The van der Waals surface area contributed by atoms with Gasteiger partial charge in [-0.2, -0.15) is 0 Å². The minimum atomic E-state index is -1.24. The van der Waals surface area contributed by atoms with Gasteiger partial charge in [0.2, 0.25) is 5.91 Å². The second-order valence-electron chi connectivity index (χ2n) is 3.99. The van der Waals surface area contributed by atoms with Crippen molar-refractivity contribution in [1.82, 2.24) is 5.32 Å². The third kappa shape index (κ3) is 4.82. The number of carbonyl (C=O) groups is 3. The predicted octanol–water partition coefficient (Wildman–Crippen LogP) is 1.55. The molecule has 2 amide bonds. The van der Waals surface area contributed by atoms with Crippen LogP contribution in [0.25, 0.3) is 0 Å². The van der Waals surface area contributed by atoms with Crippen LogP contribution in [0.2, 0.25) is 5.02 Å². The summed E-state index contributed by atoms with van der Waals surface area (Å²) in [6.45, 7) is 0. The SMILES string of the molecule is NC(=O)CC[C@H](NC(=O)c1cc(Cl)ccc1Br)C(=O)O. The lowest BCUT2D eigenvalue weighted by atomic mass is 10.1. The zero-order valence-corrected chi connectivity index (χ0v) is 12.6. The summed E-state index contributed by atoms with van der Waals surface area (Å²) < 4.78 is 0.485. The molecular weight excluding hydrogens is 351 g/mol. The van der Waals surface area contributed by atoms with Gasteiger partial charge in [0, 0.05) is 15.9 Å². The van der Waals surface area contributed by atoms with Crippen molar-refractivity contribution >= 4 is 45.3 Å². The van der Waals surface area contributed by atoms with Gasteiger partial charge < -0.3 is 16.2 Å². The monoisotopic (exact) mass is 362 g/mol. The number of hydrogen-bond acceptors (Lipinski definition) is 3. The number of benzene rings is 1. The van der Waals surface area contributed by atoms with Gasteiger partial charge in [-0.05, 0) is 40.5 Å². The maximum Gasteiger partial charge on any atom is 0.326 e. The van der Waals surface area contributed by atoms with Crippen LogP contribution in [0.5, 0.6) is 0 Å². The molecule has 20 heavy (non-hydrogen) atoms. The molecule has 8 heteroatoms. The lowest BCUT2D eigenvalue weighted by Gasteiger charge is -2.14. The summed E-state index contributed by atoms with van der Waals surface area (Å²) in [4.78, 5) is 33.7. The van der Waals surface area contributed by atoms with Gasteiger partial charge in [-0.25, -0.2) is 4.79 Å². The van der Waals surface area contributed by atoms with Crippen LogP contribution in [-0.4, -0.2) is 28.9 Å². The molecule has 1 aromatic carbocycles. The van der Waals surface area contributed by atoms with E-state index in [1.807, 2.05) is 0 Å². The molecule has 0 spiro atoms. The number of rotatable bonds is 6. The van der Waals surface area contributed by atoms with E-state index in [2.05, 4.69) is 21.2 Å². The number of nitrogens with two attached hydrogens (primary N) is 1. The van der Waals surface area contributed by atoms with Crippen molar-refractivity contribution in [3.63, 3.8) is 0 Å². The Balaban J connectivity index is 2.82. The molecule has 0 saturated heterocycles. The van der Waals surface area contributed by atoms with Gasteiger partial charge in [0.05, 0.1) is 5.56 Å². The zero-order chi connectivity index (χ0) is 15.3. The molecule has 0 aliphatic rings. The van der Waals surface area contributed by atoms with E-state index in [1.54, 1.807) is 12.1 Å². The molecule has 0 aliphatic heterocycles. The molecule has 0 unspecified atom stereocenters. The highest BCUT2D eigenvalue weighted by Crippen LogP contribution is 2.21. The van der Waals surface area contributed by atoms with Crippen molar-refractivity contribution in [2.75, 3.05) is 0 Å². The highest BCUT2D eigenvalue weighted by atomic mass is 79.9. The summed E-state index contributed by atoms with van der Waals surface area (Å²) in [5, 5.41) is 11.7. The van der Waals surface area contributed by atoms with E-state index in [9.17, 15) is 14.4 Å². The summed E-state index contributed by atoms with van der Waals surface area (Å²) in [5.74, 6) is -2.47. The number of amides is 2. The first kappa shape index (κ1) is 16.5. The molecule has 1 atom stereocenters. The lowest BCUT2D eigenvalue weighted by Crippen LogP contribution is -2.41. The van der Waals surface area contributed by atoms with Gasteiger partial charge in [-0.3, -0.25) is 9.59 Å². The third-order valence-corrected chi connectivity index (χ3v) is 3.38. The molecule has 0 aliphatic carbocycles. The molecule has 0 radical (unpaired) electrons. The Morgan fingerprint density at radius 1 is 1.40 bits per heavy atom. The van der Waals surface area contributed by atoms with Crippen molar-refractivity contribution < 1.29 is 19.5 Å². The molecular formula is C12H12BrClN2O4. The number of halogens is 2. The number of carboxylic acid groups (broad SMARTS) is 1. The van der Waals surface area contributed by atoms with E-state index in [0.29, 0.717) is 9.50 Å². The van der Waals surface area contributed by atoms with Gasteiger partial charge in [0.25, 0.3) is 5.91 Å². The maximum absolute atomic E-state index is 12.0. The van der Waals surface area contributed by atoms with Crippen LogP contribution >= 0.6 is 27.5 Å². The van der Waals surface area contributed by atoms with Gasteiger partial charge in [-0.15, -0.1) is 0 Å². The van der Waals surface area contributed by atoms with Crippen LogP contribution in [0.4, 0.5) is 0 Å². The Labute approximate surface area is 128 Å². The molecule has 0 fully saturated rings. The largest absolute Gasteiger partial charge is 0.480 e. The van der Waals surface area contributed by atoms with Crippen LogP contribution in [0.1, 0.15) is 23.2 Å². The minimum absolute atomic E-state index is 0.0748. The van der Waals surface area contributed by atoms with E-state index >= 15 is 0 Å². The maximum atomic E-state index is 12.0. The zero-order valence-electron chi connectivity index (χ0n) is 10.2. The van der Waals surface area contributed by atoms with Crippen molar-refractivity contribution in [3.05, 3.63) is 33.3 Å². The number of carbonyl (C=O) groups excluding carboxylic acids is 2. The fourth-order valence-corrected chi connectivity index (χ4v) is 2.05. The van der Waals surface area contributed by atoms with Crippen LogP contribution < -0.4 is 11.1 Å². The molecule has 108 valence electrons. The average molecular weight is 364 g/mol. The molecule has 6 nitrogen and oxygen atoms in total. The number of carboxylic acids is 1. The standard InChI is InChI=1S/C12H12BrClN2O4/c13-8-2-1-6(14)5-7(8)11(18)16-9(12(19)20)3-4-10(15)17/h1-2,5,9H,3-4H2,(H2,15,17)(H,16,18)(H,19,20)/t9-/m0/s1. The van der Waals surface area contributed by atoms with Gasteiger partial charge >= 0.3 is 5.97 Å². The van der Waals surface area contributed by atoms with E-state index in [-0.39, 0.29) is 18.4 Å². The fourth-order valence-electron chi connectivity index (χ4n) is 1.45. The minimum Gasteiger partial charge on any atom is -0.480 e. The first-order valence-electron chi connectivity index (χ1n) is 5.58. The number of primary amides is 1. The molecule has 0 aromatic heterocycles. The Bertz CT molecular complexity index is 550. The van der Waals surface area contributed by atoms with Crippen molar-refractivity contribution in [1.29, 1.82) is 0 Å². The third-order valence-electron chi connectivity index (χ3n) is 2.46. The van der Waals surface area contributed by atoms with Crippen LogP contribution in [-0.2, 0) is 9.59 Å². The first-order chi connectivity index (χ1) is 9.31. The molecule has 1 rings (SSSR count). The van der Waals surface area contributed by atoms with Crippen molar-refractivity contribution in [3.8, 4) is 0 Å². The molecule has 0 bridgehead atoms. The Morgan fingerprint density at radius 3 is 2.60 bits per heavy atom. The fraction of sp³-hybridized carbons (Fsp3) is 0.250. The lowest BCUT2D eigenvalue weighted by molar-refractivity contribution is -0.139. The van der Waals surface area contributed by atoms with E-state index in [0.717, 1.165) is 0 Å². The van der Waals surface area contributed by atoms with Crippen LogP contribution in [0.3, 0.4) is 0 Å². The summed E-state index contributed by atoms with van der Waals surface area (Å²) in [5.41, 5.74) is 5.17. The first-order valence-corrected chi connectivity index (χ1v) is 6.75. The number of hydrogen-bond donors (Lipinski definition) is 3. The predicted molar refractivity (Wildman–Crippen MR) is 76.5 cm³/mol. The van der Waals surface area contributed by atoms with E-state index in [1.165, 1.54) is 6.07 Å². The van der Waals surface area contributed by atoms with Crippen molar-refractivity contribution in [2.24, 2.45) is 5.73 Å². The smallest absolute Gasteiger partial charge is 0.326 e. The summed E-state index contributed by atoms with van der Waals surface area (Å²) >= 11 is 8.96. The normalized spacial score (nSPS) is 11.7. The van der Waals surface area contributed by atoms with Gasteiger partial charge in [-0.1, -0.05) is 11.6 Å². The highest BCUT2D eigenvalue weighted by molar-refractivity contribution is 9.10. The highest BCUT2D eigenvalue weighted by Gasteiger charge is 2.22. The summed E-state index contributed by atoms with van der Waals surface area (Å²) in [6, 6.07) is 3.38. The van der Waals surface area contributed by atoms with Crippen LogP contribution in [0, 0.1) is 0 Å². The van der Waals surface area contributed by atoms with Gasteiger partial charge in [0.15, 0.2) is 0 Å². The van der Waals surface area contributed by atoms with E-state index in [4.69, 9.17) is 22.4 Å².